The van der Waals surface area contributed by atoms with Gasteiger partial charge in [-0.25, -0.2) is 14.8 Å². The van der Waals surface area contributed by atoms with Crippen LogP contribution in [0.1, 0.15) is 59.3 Å². The zero-order valence-corrected chi connectivity index (χ0v) is 22.2. The second-order valence-electron chi connectivity index (χ2n) is 10.0. The Balaban J connectivity index is 1.49. The van der Waals surface area contributed by atoms with Crippen LogP contribution in [-0.2, 0) is 19.3 Å². The monoisotopic (exact) mass is 560 g/mol. The molecule has 0 spiro atoms. The SMILES string of the molecule is CC(C)(C)C(CN(Cc1nc2ccccc2[nH]1)C(=O)O)c1nc(C(=O)NCc2ncccc2C(F)(F)F)cs1. The van der Waals surface area contributed by atoms with Gasteiger partial charge in [0.2, 0.25) is 0 Å². The van der Waals surface area contributed by atoms with Crippen LogP contribution in [-0.4, -0.2) is 48.5 Å². The summed E-state index contributed by atoms with van der Waals surface area (Å²) in [5.74, 6) is -0.531. The van der Waals surface area contributed by atoms with Gasteiger partial charge in [-0.15, -0.1) is 11.3 Å². The maximum atomic E-state index is 13.2. The van der Waals surface area contributed by atoms with Crippen molar-refractivity contribution in [2.75, 3.05) is 6.54 Å². The fourth-order valence-electron chi connectivity index (χ4n) is 4.06. The molecule has 206 valence electrons. The molecule has 0 bridgehead atoms. The van der Waals surface area contributed by atoms with Crippen LogP contribution in [0.3, 0.4) is 0 Å². The highest BCUT2D eigenvalue weighted by molar-refractivity contribution is 7.10. The van der Waals surface area contributed by atoms with Crippen LogP contribution in [0.25, 0.3) is 11.0 Å². The van der Waals surface area contributed by atoms with Gasteiger partial charge in [0.05, 0.1) is 40.4 Å². The van der Waals surface area contributed by atoms with Crippen molar-refractivity contribution in [3.05, 3.63) is 75.8 Å². The molecular weight excluding hydrogens is 533 g/mol. The lowest BCUT2D eigenvalue weighted by Gasteiger charge is -2.32. The first-order valence-electron chi connectivity index (χ1n) is 12.0. The number of halogens is 3. The molecule has 0 aliphatic rings. The number of alkyl halides is 3. The maximum absolute atomic E-state index is 13.2. The summed E-state index contributed by atoms with van der Waals surface area (Å²) >= 11 is 1.20. The number of thiazole rings is 1. The number of nitrogens with one attached hydrogen (secondary N) is 2. The van der Waals surface area contributed by atoms with E-state index in [0.29, 0.717) is 10.8 Å². The van der Waals surface area contributed by atoms with E-state index in [4.69, 9.17) is 0 Å². The summed E-state index contributed by atoms with van der Waals surface area (Å²) in [5.41, 5.74) is -0.0853. The van der Waals surface area contributed by atoms with Crippen LogP contribution in [0, 0.1) is 5.41 Å². The minimum Gasteiger partial charge on any atom is -0.465 e. The van der Waals surface area contributed by atoms with Crippen molar-refractivity contribution in [3.8, 4) is 0 Å². The minimum atomic E-state index is -4.60. The lowest BCUT2D eigenvalue weighted by atomic mass is 9.80. The van der Waals surface area contributed by atoms with Crippen molar-refractivity contribution in [2.24, 2.45) is 5.41 Å². The number of carbonyl (C=O) groups is 2. The van der Waals surface area contributed by atoms with Gasteiger partial charge < -0.3 is 20.3 Å². The fourth-order valence-corrected chi connectivity index (χ4v) is 5.19. The highest BCUT2D eigenvalue weighted by Crippen LogP contribution is 2.38. The van der Waals surface area contributed by atoms with Crippen LogP contribution < -0.4 is 5.32 Å². The largest absolute Gasteiger partial charge is 0.465 e. The third-order valence-electron chi connectivity index (χ3n) is 6.16. The summed E-state index contributed by atoms with van der Waals surface area (Å²) in [4.78, 5) is 41.9. The smallest absolute Gasteiger partial charge is 0.418 e. The van der Waals surface area contributed by atoms with Crippen molar-refractivity contribution in [1.82, 2.24) is 30.2 Å². The molecule has 0 aliphatic heterocycles. The number of H-pyrrole nitrogens is 1. The van der Waals surface area contributed by atoms with E-state index in [-0.39, 0.29) is 30.4 Å². The Morgan fingerprint density at radius 1 is 1.13 bits per heavy atom. The van der Waals surface area contributed by atoms with Crippen LogP contribution in [0.4, 0.5) is 18.0 Å². The number of para-hydroxylation sites is 2. The van der Waals surface area contributed by atoms with E-state index in [1.807, 2.05) is 45.0 Å². The zero-order valence-electron chi connectivity index (χ0n) is 21.4. The third-order valence-corrected chi connectivity index (χ3v) is 7.12. The molecule has 0 saturated heterocycles. The molecule has 0 fully saturated rings. The molecule has 1 aromatic carbocycles. The summed E-state index contributed by atoms with van der Waals surface area (Å²) < 4.78 is 39.7. The average Bonchev–Trinajstić information content (AvgIpc) is 3.50. The van der Waals surface area contributed by atoms with Gasteiger partial charge in [-0.1, -0.05) is 32.9 Å². The minimum absolute atomic E-state index is 0.0287. The summed E-state index contributed by atoms with van der Waals surface area (Å²) in [6, 6.07) is 9.48. The quantitative estimate of drug-likeness (QED) is 0.255. The lowest BCUT2D eigenvalue weighted by Crippen LogP contribution is -2.37. The van der Waals surface area contributed by atoms with Gasteiger partial charge in [0.25, 0.3) is 5.91 Å². The molecule has 9 nitrogen and oxygen atoms in total. The summed E-state index contributed by atoms with van der Waals surface area (Å²) in [7, 11) is 0. The van der Waals surface area contributed by atoms with Crippen LogP contribution in [0.5, 0.6) is 0 Å². The van der Waals surface area contributed by atoms with Crippen molar-refractivity contribution >= 4 is 34.4 Å². The summed E-state index contributed by atoms with van der Waals surface area (Å²) in [5, 5.41) is 14.4. The number of pyridine rings is 1. The zero-order chi connectivity index (χ0) is 28.4. The Morgan fingerprint density at radius 2 is 1.87 bits per heavy atom. The number of imidazole rings is 1. The van der Waals surface area contributed by atoms with E-state index in [2.05, 4.69) is 25.3 Å². The van der Waals surface area contributed by atoms with E-state index < -0.39 is 35.7 Å². The number of aromatic nitrogens is 4. The predicted octanol–water partition coefficient (Wildman–Crippen LogP) is 5.67. The number of aromatic amines is 1. The summed E-state index contributed by atoms with van der Waals surface area (Å²) in [6.45, 7) is 5.53. The molecule has 39 heavy (non-hydrogen) atoms. The summed E-state index contributed by atoms with van der Waals surface area (Å²) in [6.07, 6.45) is -4.50. The van der Waals surface area contributed by atoms with Crippen LogP contribution in [0.2, 0.25) is 0 Å². The van der Waals surface area contributed by atoms with E-state index in [9.17, 15) is 27.9 Å². The van der Waals surface area contributed by atoms with Gasteiger partial charge in [-0.3, -0.25) is 9.78 Å². The molecule has 4 rings (SSSR count). The number of amides is 2. The van der Waals surface area contributed by atoms with E-state index in [0.717, 1.165) is 17.1 Å². The highest BCUT2D eigenvalue weighted by atomic mass is 32.1. The molecule has 13 heteroatoms. The molecule has 0 aliphatic carbocycles. The predicted molar refractivity (Wildman–Crippen MR) is 139 cm³/mol. The Labute approximate surface area is 226 Å². The molecule has 1 unspecified atom stereocenters. The second-order valence-corrected chi connectivity index (χ2v) is 10.9. The topological polar surface area (TPSA) is 124 Å². The molecule has 1 atom stereocenters. The Morgan fingerprint density at radius 3 is 2.54 bits per heavy atom. The number of nitrogens with zero attached hydrogens (tertiary/aromatic N) is 4. The Hall–Kier alpha value is -4.00. The maximum Gasteiger partial charge on any atom is 0.418 e. The van der Waals surface area contributed by atoms with E-state index in [1.165, 1.54) is 33.9 Å². The third kappa shape index (κ3) is 6.72. The van der Waals surface area contributed by atoms with Gasteiger partial charge in [-0.05, 0) is 29.7 Å². The number of benzene rings is 1. The van der Waals surface area contributed by atoms with Crippen molar-refractivity contribution in [3.63, 3.8) is 0 Å². The molecule has 4 aromatic rings. The van der Waals surface area contributed by atoms with Crippen molar-refractivity contribution in [2.45, 2.75) is 46.0 Å². The van der Waals surface area contributed by atoms with Crippen LogP contribution in [0.15, 0.2) is 48.0 Å². The van der Waals surface area contributed by atoms with Crippen LogP contribution >= 0.6 is 11.3 Å². The van der Waals surface area contributed by atoms with Gasteiger partial charge >= 0.3 is 12.3 Å². The first-order valence-corrected chi connectivity index (χ1v) is 12.9. The molecule has 3 aromatic heterocycles. The molecule has 3 N–H and O–H groups in total. The normalized spacial score (nSPS) is 12.9. The van der Waals surface area contributed by atoms with Gasteiger partial charge in [-0.2, -0.15) is 13.2 Å². The van der Waals surface area contributed by atoms with Gasteiger partial charge in [0, 0.05) is 24.0 Å². The standard InChI is InChI=1S/C26H27F3N6O3S/c1-25(2,3)16(12-35(24(37)38)13-21-32-17-8-4-5-9-18(17)33-21)23-34-20(14-39-23)22(36)31-11-19-15(26(27,28)29)7-6-10-30-19/h4-10,14,16H,11-13H2,1-3H3,(H,31,36)(H,32,33)(H,37,38). The Kier molecular flexibility index (Phi) is 7.91. The lowest BCUT2D eigenvalue weighted by molar-refractivity contribution is -0.138. The van der Waals surface area contributed by atoms with E-state index >= 15 is 0 Å². The highest BCUT2D eigenvalue weighted by Gasteiger charge is 2.35. The van der Waals surface area contributed by atoms with Gasteiger partial charge in [0.15, 0.2) is 0 Å². The van der Waals surface area contributed by atoms with Crippen molar-refractivity contribution in [1.29, 1.82) is 0 Å². The van der Waals surface area contributed by atoms with Crippen molar-refractivity contribution < 1.29 is 27.9 Å². The number of hydrogen-bond donors (Lipinski definition) is 3. The average molecular weight is 561 g/mol. The van der Waals surface area contributed by atoms with E-state index in [1.54, 1.807) is 0 Å². The Bertz CT molecular complexity index is 1440. The second kappa shape index (κ2) is 11.0. The molecule has 3 heterocycles. The molecule has 0 radical (unpaired) electrons. The number of fused-ring (bicyclic) bond motifs is 1. The molecule has 2 amide bonds. The molecule has 0 saturated carbocycles. The first-order chi connectivity index (χ1) is 18.3. The number of rotatable bonds is 8. The number of hydrogen-bond acceptors (Lipinski definition) is 6. The molecular formula is C26H27F3N6O3S. The fraction of sp³-hybridized carbons (Fsp3) is 0.346. The van der Waals surface area contributed by atoms with Gasteiger partial charge in [0.1, 0.15) is 11.5 Å². The number of carbonyl (C=O) groups excluding carboxylic acids is 1. The number of carboxylic acid groups (broad SMARTS) is 1. The first kappa shape index (κ1) is 28.0.